The first-order valence-corrected chi connectivity index (χ1v) is 20.7. The fourth-order valence-electron chi connectivity index (χ4n) is 11.6. The van der Waals surface area contributed by atoms with Crippen molar-refractivity contribution in [2.45, 2.75) is 170 Å². The quantitative estimate of drug-likeness (QED) is 0.0998. The van der Waals surface area contributed by atoms with Crippen LogP contribution in [0.25, 0.3) is 0 Å². The number of rotatable bonds is 18. The van der Waals surface area contributed by atoms with E-state index in [4.69, 9.17) is 16.2 Å². The first kappa shape index (κ1) is 39.7. The van der Waals surface area contributed by atoms with Gasteiger partial charge in [-0.3, -0.25) is 0 Å². The van der Waals surface area contributed by atoms with E-state index in [1.807, 2.05) is 4.90 Å². The number of carbonyl (C=O) groups is 1. The fraction of sp³-hybridized carbons (Fsp3) is 0.929. The maximum absolute atomic E-state index is 13.6. The Bertz CT molecular complexity index is 1030. The summed E-state index contributed by atoms with van der Waals surface area (Å²) in [5, 5.41) is 3.55. The molecule has 4 aliphatic carbocycles. The van der Waals surface area contributed by atoms with E-state index in [0.29, 0.717) is 24.5 Å². The molecule has 0 spiro atoms. The van der Waals surface area contributed by atoms with Crippen LogP contribution in [0, 0.1) is 52.3 Å². The van der Waals surface area contributed by atoms with E-state index < -0.39 is 0 Å². The lowest BCUT2D eigenvalue weighted by atomic mass is 9.47. The molecular weight excluding hydrogens is 592 g/mol. The highest BCUT2D eigenvalue weighted by atomic mass is 16.6. The molecule has 1 amide bonds. The van der Waals surface area contributed by atoms with Crippen molar-refractivity contribution in [1.82, 2.24) is 10.2 Å². The number of carbonyl (C=O) groups excluding carboxylic acids is 1. The number of nitrogens with two attached hydrogens (primary N) is 2. The lowest BCUT2D eigenvalue weighted by Gasteiger charge is -2.58. The highest BCUT2D eigenvalue weighted by Gasteiger charge is 2.59. The topological polar surface area (TPSA) is 93.6 Å². The van der Waals surface area contributed by atoms with Crippen LogP contribution in [-0.2, 0) is 4.74 Å². The smallest absolute Gasteiger partial charge is 0.410 e. The molecule has 3 fully saturated rings. The Morgan fingerprint density at radius 1 is 0.958 bits per heavy atom. The second-order valence-electron chi connectivity index (χ2n) is 18.0. The molecule has 11 atom stereocenters. The lowest BCUT2D eigenvalue weighted by Crippen LogP contribution is -2.51. The average Bonchev–Trinajstić information content (AvgIpc) is 3.40. The number of hydrogen-bond acceptors (Lipinski definition) is 5. The summed E-state index contributed by atoms with van der Waals surface area (Å²) in [6.45, 7) is 22.4. The van der Waals surface area contributed by atoms with Crippen molar-refractivity contribution in [1.29, 1.82) is 0 Å². The predicted octanol–water partition coefficient (Wildman–Crippen LogP) is 9.32. The maximum atomic E-state index is 13.6. The molecule has 0 heterocycles. The van der Waals surface area contributed by atoms with Gasteiger partial charge in [-0.25, -0.2) is 4.79 Å². The summed E-state index contributed by atoms with van der Waals surface area (Å²) in [4.78, 5) is 15.6. The Labute approximate surface area is 296 Å². The molecule has 0 radical (unpaired) electrons. The molecule has 6 heteroatoms. The van der Waals surface area contributed by atoms with Gasteiger partial charge in [0.25, 0.3) is 0 Å². The van der Waals surface area contributed by atoms with Crippen molar-refractivity contribution >= 4 is 6.09 Å². The molecule has 0 bridgehead atoms. The minimum atomic E-state index is -0.138. The first-order valence-electron chi connectivity index (χ1n) is 20.7. The third kappa shape index (κ3) is 9.02. The summed E-state index contributed by atoms with van der Waals surface area (Å²) in [7, 11) is 0. The van der Waals surface area contributed by atoms with Crippen molar-refractivity contribution in [2.75, 3.05) is 26.2 Å². The van der Waals surface area contributed by atoms with Crippen molar-refractivity contribution in [2.24, 2.45) is 63.7 Å². The van der Waals surface area contributed by atoms with Gasteiger partial charge in [-0.15, -0.1) is 0 Å². The van der Waals surface area contributed by atoms with Crippen LogP contribution in [0.3, 0.4) is 0 Å². The van der Waals surface area contributed by atoms with E-state index in [-0.39, 0.29) is 23.7 Å². The molecule has 4 aliphatic rings. The minimum Gasteiger partial charge on any atom is -0.446 e. The van der Waals surface area contributed by atoms with Gasteiger partial charge in [-0.05, 0) is 163 Å². The van der Waals surface area contributed by atoms with E-state index in [2.05, 4.69) is 66.8 Å². The van der Waals surface area contributed by atoms with Crippen LogP contribution < -0.4 is 16.8 Å². The van der Waals surface area contributed by atoms with E-state index in [9.17, 15) is 4.79 Å². The zero-order valence-electron chi connectivity index (χ0n) is 32.7. The minimum absolute atomic E-state index is 0.0110. The SMILES string of the molecule is CC[C@H](CC[C@@H](C)[C@H]1CC[C@H]2[C@@H]3CC=C4C[C@@H](OC(=O)N(CCCCNC(C)CCN)C(C)CCN)CC[C@]4(C)[C@H]3CC[C@]12C)C(C)C. The number of unbranched alkanes of at least 4 members (excludes halogenated alkanes) is 1. The van der Waals surface area contributed by atoms with Crippen LogP contribution >= 0.6 is 0 Å². The summed E-state index contributed by atoms with van der Waals surface area (Å²) in [6, 6.07) is 0.525. The normalized spacial score (nSPS) is 34.0. The standard InChI is InChI=1S/C42H78N4O2/c1-9-33(29(2)3)13-12-30(4)37-16-17-38-36-15-14-34-28-35(18-22-41(34,7)39(36)19-23-42(37,38)8)48-40(47)46(32(6)21-25-44)27-11-10-26-45-31(5)20-24-43/h14,29-33,35-39,45H,9-13,15-28,43-44H2,1-8H3/t30-,31?,32?,33-,35+,36+,37-,38+,39+,41+,42-/m1/s1. The lowest BCUT2D eigenvalue weighted by molar-refractivity contribution is -0.0599. The highest BCUT2D eigenvalue weighted by Crippen LogP contribution is 2.67. The molecular formula is C42H78N4O2. The molecule has 2 unspecified atom stereocenters. The number of fused-ring (bicyclic) bond motifs is 5. The van der Waals surface area contributed by atoms with Crippen LogP contribution in [0.15, 0.2) is 11.6 Å². The summed E-state index contributed by atoms with van der Waals surface area (Å²) in [5.41, 5.74) is 14.0. The van der Waals surface area contributed by atoms with Crippen molar-refractivity contribution in [3.63, 3.8) is 0 Å². The third-order valence-electron chi connectivity index (χ3n) is 14.8. The molecule has 0 aliphatic heterocycles. The Kier molecular flexibility index (Phi) is 14.8. The fourth-order valence-corrected chi connectivity index (χ4v) is 11.6. The molecule has 48 heavy (non-hydrogen) atoms. The van der Waals surface area contributed by atoms with Crippen LogP contribution in [0.2, 0.25) is 0 Å². The Morgan fingerprint density at radius 2 is 1.71 bits per heavy atom. The Hall–Kier alpha value is -1.11. The number of nitrogens with one attached hydrogen (secondary N) is 1. The summed E-state index contributed by atoms with van der Waals surface area (Å²) >= 11 is 0. The third-order valence-corrected chi connectivity index (χ3v) is 14.8. The van der Waals surface area contributed by atoms with Gasteiger partial charge in [0.05, 0.1) is 0 Å². The molecule has 4 rings (SSSR count). The monoisotopic (exact) mass is 671 g/mol. The van der Waals surface area contributed by atoms with Gasteiger partial charge in [0.1, 0.15) is 6.10 Å². The molecule has 5 N–H and O–H groups in total. The van der Waals surface area contributed by atoms with Gasteiger partial charge in [0.2, 0.25) is 0 Å². The summed E-state index contributed by atoms with van der Waals surface area (Å²) in [6.07, 6.45) is 20.4. The van der Waals surface area contributed by atoms with E-state index in [1.54, 1.807) is 5.57 Å². The molecule has 6 nitrogen and oxygen atoms in total. The van der Waals surface area contributed by atoms with Gasteiger partial charge in [0.15, 0.2) is 0 Å². The Balaban J connectivity index is 1.34. The zero-order chi connectivity index (χ0) is 35.1. The second-order valence-corrected chi connectivity index (χ2v) is 18.0. The van der Waals surface area contributed by atoms with E-state index in [1.165, 1.54) is 51.4 Å². The number of amides is 1. The Morgan fingerprint density at radius 3 is 2.40 bits per heavy atom. The first-order chi connectivity index (χ1) is 22.9. The second kappa shape index (κ2) is 17.9. The molecule has 0 aromatic rings. The van der Waals surface area contributed by atoms with Crippen molar-refractivity contribution < 1.29 is 9.53 Å². The average molecular weight is 671 g/mol. The zero-order valence-corrected chi connectivity index (χ0v) is 32.7. The van der Waals surface area contributed by atoms with Crippen LogP contribution in [0.5, 0.6) is 0 Å². The molecule has 278 valence electrons. The van der Waals surface area contributed by atoms with Gasteiger partial charge >= 0.3 is 6.09 Å². The molecule has 0 aromatic heterocycles. The molecule has 0 aromatic carbocycles. The summed E-state index contributed by atoms with van der Waals surface area (Å²) < 4.78 is 6.34. The maximum Gasteiger partial charge on any atom is 0.410 e. The molecule has 0 saturated heterocycles. The van der Waals surface area contributed by atoms with Gasteiger partial charge in [0, 0.05) is 25.0 Å². The van der Waals surface area contributed by atoms with Gasteiger partial charge in [-0.2, -0.15) is 0 Å². The highest BCUT2D eigenvalue weighted by molar-refractivity contribution is 5.68. The predicted molar refractivity (Wildman–Crippen MR) is 203 cm³/mol. The van der Waals surface area contributed by atoms with E-state index >= 15 is 0 Å². The van der Waals surface area contributed by atoms with Crippen LogP contribution in [0.1, 0.15) is 152 Å². The van der Waals surface area contributed by atoms with Gasteiger partial charge in [-0.1, -0.05) is 66.0 Å². The molecule has 3 saturated carbocycles. The number of ether oxygens (including phenoxy) is 1. The van der Waals surface area contributed by atoms with Gasteiger partial charge < -0.3 is 26.4 Å². The number of hydrogen-bond donors (Lipinski definition) is 3. The van der Waals surface area contributed by atoms with E-state index in [0.717, 1.165) is 99.5 Å². The number of allylic oxidation sites excluding steroid dienone is 1. The van der Waals surface area contributed by atoms with Crippen molar-refractivity contribution in [3.05, 3.63) is 11.6 Å². The van der Waals surface area contributed by atoms with Crippen LogP contribution in [-0.4, -0.2) is 55.4 Å². The largest absolute Gasteiger partial charge is 0.446 e. The van der Waals surface area contributed by atoms with Crippen molar-refractivity contribution in [3.8, 4) is 0 Å². The summed E-state index contributed by atoms with van der Waals surface area (Å²) in [5.74, 6) is 5.90. The van der Waals surface area contributed by atoms with Crippen LogP contribution in [0.4, 0.5) is 4.79 Å². The number of nitrogens with zero attached hydrogens (tertiary/aromatic N) is 1.